The molecule has 0 radical (unpaired) electrons. The van der Waals surface area contributed by atoms with Crippen molar-refractivity contribution in [3.05, 3.63) is 46.5 Å². The minimum absolute atomic E-state index is 0.0191. The Morgan fingerprint density at radius 2 is 2.15 bits per heavy atom. The molecule has 1 rings (SSSR count). The maximum absolute atomic E-state index is 11.0. The van der Waals surface area contributed by atoms with Gasteiger partial charge in [-0.05, 0) is 12.1 Å². The Kier molecular flexibility index (Phi) is 4.79. The van der Waals surface area contributed by atoms with Gasteiger partial charge >= 0.3 is 5.97 Å². The van der Waals surface area contributed by atoms with Gasteiger partial charge in [0.15, 0.2) is 0 Å². The number of aliphatic carboxylic acids is 1. The maximum atomic E-state index is 11.0. The first-order valence-electron chi connectivity index (χ1n) is 5.52. The highest BCUT2D eigenvalue weighted by atomic mass is 16.6. The lowest BCUT2D eigenvalue weighted by Gasteiger charge is -2.21. The minimum Gasteiger partial charge on any atom is -0.480 e. The third-order valence-corrected chi connectivity index (χ3v) is 2.47. The number of anilines is 1. The van der Waals surface area contributed by atoms with Gasteiger partial charge in [0.05, 0.1) is 4.92 Å². The Bertz CT molecular complexity index is 570. The number of benzene rings is 1. The van der Waals surface area contributed by atoms with E-state index in [-0.39, 0.29) is 23.5 Å². The average Bonchev–Trinajstić information content (AvgIpc) is 2.36. The van der Waals surface area contributed by atoms with Crippen LogP contribution < -0.4 is 10.6 Å². The maximum Gasteiger partial charge on any atom is 0.323 e. The third kappa shape index (κ3) is 3.55. The van der Waals surface area contributed by atoms with Crippen LogP contribution in [0.2, 0.25) is 0 Å². The van der Waals surface area contributed by atoms with Crippen LogP contribution in [0.1, 0.15) is 10.4 Å². The van der Waals surface area contributed by atoms with E-state index in [1.807, 2.05) is 0 Å². The fourth-order valence-corrected chi connectivity index (χ4v) is 1.66. The van der Waals surface area contributed by atoms with Gasteiger partial charge in [-0.2, -0.15) is 0 Å². The minimum atomic E-state index is -1.14. The number of rotatable bonds is 7. The number of primary amides is 1. The number of carbonyl (C=O) groups is 2. The van der Waals surface area contributed by atoms with Crippen molar-refractivity contribution in [3.8, 4) is 0 Å². The largest absolute Gasteiger partial charge is 0.480 e. The lowest BCUT2D eigenvalue weighted by Crippen LogP contribution is -2.30. The van der Waals surface area contributed by atoms with Gasteiger partial charge in [-0.1, -0.05) is 6.08 Å². The van der Waals surface area contributed by atoms with Crippen LogP contribution in [0, 0.1) is 10.1 Å². The summed E-state index contributed by atoms with van der Waals surface area (Å²) < 4.78 is 0. The second kappa shape index (κ2) is 6.32. The van der Waals surface area contributed by atoms with E-state index in [4.69, 9.17) is 10.8 Å². The van der Waals surface area contributed by atoms with E-state index in [0.717, 1.165) is 6.07 Å². The zero-order chi connectivity index (χ0) is 15.3. The molecule has 20 heavy (non-hydrogen) atoms. The molecular formula is C12H13N3O5. The monoisotopic (exact) mass is 279 g/mol. The molecule has 1 aromatic carbocycles. The van der Waals surface area contributed by atoms with E-state index in [9.17, 15) is 19.7 Å². The topological polar surface area (TPSA) is 127 Å². The number of nitro groups is 1. The molecule has 3 N–H and O–H groups in total. The molecule has 0 spiro atoms. The first-order valence-corrected chi connectivity index (χ1v) is 5.52. The van der Waals surface area contributed by atoms with Crippen molar-refractivity contribution in [3.63, 3.8) is 0 Å². The molecule has 0 aliphatic carbocycles. The van der Waals surface area contributed by atoms with Crippen LogP contribution in [0.15, 0.2) is 30.9 Å². The third-order valence-electron chi connectivity index (χ3n) is 2.47. The first kappa shape index (κ1) is 15.2. The van der Waals surface area contributed by atoms with Crippen LogP contribution in [0.3, 0.4) is 0 Å². The number of carboxylic acids is 1. The van der Waals surface area contributed by atoms with Crippen LogP contribution in [0.5, 0.6) is 0 Å². The predicted octanol–water partition coefficient (Wildman–Crippen LogP) is 0.771. The zero-order valence-corrected chi connectivity index (χ0v) is 10.5. The fraction of sp³-hybridized carbons (Fsp3) is 0.167. The van der Waals surface area contributed by atoms with Crippen molar-refractivity contribution in [1.29, 1.82) is 0 Å². The molecule has 0 unspecified atom stereocenters. The summed E-state index contributed by atoms with van der Waals surface area (Å²) in [6.45, 7) is 3.16. The molecule has 1 aromatic rings. The molecule has 0 saturated carbocycles. The number of hydrogen-bond acceptors (Lipinski definition) is 5. The molecule has 106 valence electrons. The molecule has 8 heteroatoms. The van der Waals surface area contributed by atoms with E-state index in [1.165, 1.54) is 23.1 Å². The number of carboxylic acid groups (broad SMARTS) is 1. The second-order valence-corrected chi connectivity index (χ2v) is 3.89. The predicted molar refractivity (Wildman–Crippen MR) is 71.7 cm³/mol. The lowest BCUT2D eigenvalue weighted by atomic mass is 10.1. The summed E-state index contributed by atoms with van der Waals surface area (Å²) >= 11 is 0. The van der Waals surface area contributed by atoms with Crippen molar-refractivity contribution >= 4 is 23.3 Å². The summed E-state index contributed by atoms with van der Waals surface area (Å²) in [5.41, 5.74) is 4.74. The van der Waals surface area contributed by atoms with E-state index < -0.39 is 23.3 Å². The van der Waals surface area contributed by atoms with Gasteiger partial charge in [-0.3, -0.25) is 19.7 Å². The number of amides is 1. The number of hydrogen-bond donors (Lipinski definition) is 2. The molecule has 8 nitrogen and oxygen atoms in total. The Morgan fingerprint density at radius 3 is 2.60 bits per heavy atom. The first-order chi connectivity index (χ1) is 9.36. The number of nitro benzene ring substituents is 1. The molecule has 0 aliphatic heterocycles. The molecule has 0 saturated heterocycles. The van der Waals surface area contributed by atoms with Gasteiger partial charge in [-0.15, -0.1) is 6.58 Å². The van der Waals surface area contributed by atoms with Gasteiger partial charge in [-0.25, -0.2) is 0 Å². The van der Waals surface area contributed by atoms with Crippen LogP contribution >= 0.6 is 0 Å². The standard InChI is InChI=1S/C12H13N3O5/c1-2-5-14(7-11(16)17)9-4-3-8(12(13)18)6-10(9)15(19)20/h2-4,6H,1,5,7H2,(H2,13,18)(H,16,17). The van der Waals surface area contributed by atoms with Gasteiger partial charge in [0.25, 0.3) is 5.69 Å². The molecule has 0 atom stereocenters. The van der Waals surface area contributed by atoms with Gasteiger partial charge in [0.2, 0.25) is 5.91 Å². The Labute approximate surface area is 114 Å². The van der Waals surface area contributed by atoms with E-state index in [0.29, 0.717) is 0 Å². The molecule has 0 bridgehead atoms. The Hall–Kier alpha value is -2.90. The molecular weight excluding hydrogens is 266 g/mol. The van der Waals surface area contributed by atoms with Crippen molar-refractivity contribution < 1.29 is 19.6 Å². The van der Waals surface area contributed by atoms with E-state index >= 15 is 0 Å². The zero-order valence-electron chi connectivity index (χ0n) is 10.5. The van der Waals surface area contributed by atoms with Gasteiger partial charge < -0.3 is 15.7 Å². The van der Waals surface area contributed by atoms with Crippen molar-refractivity contribution in [2.45, 2.75) is 0 Å². The number of nitrogens with zero attached hydrogens (tertiary/aromatic N) is 2. The smallest absolute Gasteiger partial charge is 0.323 e. The van der Waals surface area contributed by atoms with Crippen LogP contribution in [-0.4, -0.2) is 35.0 Å². The van der Waals surface area contributed by atoms with E-state index in [2.05, 4.69) is 6.58 Å². The lowest BCUT2D eigenvalue weighted by molar-refractivity contribution is -0.384. The summed E-state index contributed by atoms with van der Waals surface area (Å²) in [4.78, 5) is 33.4. The highest BCUT2D eigenvalue weighted by molar-refractivity contribution is 5.94. The normalized spacial score (nSPS) is 9.80. The Balaban J connectivity index is 3.32. The van der Waals surface area contributed by atoms with Crippen LogP contribution in [-0.2, 0) is 4.79 Å². The van der Waals surface area contributed by atoms with Gasteiger partial charge in [0.1, 0.15) is 12.2 Å². The summed E-state index contributed by atoms with van der Waals surface area (Å²) in [7, 11) is 0. The van der Waals surface area contributed by atoms with Crippen molar-refractivity contribution in [2.75, 3.05) is 18.0 Å². The van der Waals surface area contributed by atoms with E-state index in [1.54, 1.807) is 0 Å². The number of carbonyl (C=O) groups excluding carboxylic acids is 1. The highest BCUT2D eigenvalue weighted by Gasteiger charge is 2.22. The highest BCUT2D eigenvalue weighted by Crippen LogP contribution is 2.29. The molecule has 0 aliphatic rings. The number of nitrogens with two attached hydrogens (primary N) is 1. The quantitative estimate of drug-likeness (QED) is 0.431. The SMILES string of the molecule is C=CCN(CC(=O)O)c1ccc(C(N)=O)cc1[N+](=O)[O-]. The molecule has 0 fully saturated rings. The average molecular weight is 279 g/mol. The summed E-state index contributed by atoms with van der Waals surface area (Å²) in [6, 6.07) is 3.63. The Morgan fingerprint density at radius 1 is 1.50 bits per heavy atom. The van der Waals surface area contributed by atoms with Crippen molar-refractivity contribution in [1.82, 2.24) is 0 Å². The summed E-state index contributed by atoms with van der Waals surface area (Å²) in [5, 5.41) is 19.9. The summed E-state index contributed by atoms with van der Waals surface area (Å²) in [5.74, 6) is -1.94. The fourth-order valence-electron chi connectivity index (χ4n) is 1.66. The second-order valence-electron chi connectivity index (χ2n) is 3.89. The molecule has 0 aromatic heterocycles. The molecule has 0 heterocycles. The summed E-state index contributed by atoms with van der Waals surface area (Å²) in [6.07, 6.45) is 1.43. The van der Waals surface area contributed by atoms with Crippen LogP contribution in [0.25, 0.3) is 0 Å². The van der Waals surface area contributed by atoms with Crippen molar-refractivity contribution in [2.24, 2.45) is 5.73 Å². The molecule has 1 amide bonds. The van der Waals surface area contributed by atoms with Gasteiger partial charge in [0, 0.05) is 18.2 Å². The van der Waals surface area contributed by atoms with Crippen LogP contribution in [0.4, 0.5) is 11.4 Å².